The molecule has 3 aromatic rings. The summed E-state index contributed by atoms with van der Waals surface area (Å²) in [6.07, 6.45) is 1.71. The van der Waals surface area contributed by atoms with E-state index in [0.717, 1.165) is 16.5 Å². The number of aromatic nitrogens is 2. The van der Waals surface area contributed by atoms with Crippen molar-refractivity contribution in [1.29, 1.82) is 0 Å². The van der Waals surface area contributed by atoms with Gasteiger partial charge < -0.3 is 14.4 Å². The fourth-order valence-electron chi connectivity index (χ4n) is 2.76. The van der Waals surface area contributed by atoms with Crippen molar-refractivity contribution in [1.82, 2.24) is 15.1 Å². The van der Waals surface area contributed by atoms with Crippen molar-refractivity contribution in [3.8, 4) is 11.5 Å². The minimum atomic E-state index is -0.0882. The highest BCUT2D eigenvalue weighted by Gasteiger charge is 2.18. The monoisotopic (exact) mass is 325 g/mol. The zero-order valence-electron chi connectivity index (χ0n) is 13.9. The molecule has 1 amide bonds. The molecule has 0 saturated heterocycles. The van der Waals surface area contributed by atoms with Gasteiger partial charge in [0.05, 0.1) is 31.5 Å². The van der Waals surface area contributed by atoms with E-state index >= 15 is 0 Å². The molecule has 1 aromatic heterocycles. The Kier molecular flexibility index (Phi) is 4.37. The van der Waals surface area contributed by atoms with Crippen molar-refractivity contribution in [3.05, 3.63) is 53.7 Å². The highest BCUT2D eigenvalue weighted by molar-refractivity contribution is 6.05. The maximum Gasteiger partial charge on any atom is 0.256 e. The van der Waals surface area contributed by atoms with Gasteiger partial charge in [-0.15, -0.1) is 0 Å². The lowest BCUT2D eigenvalue weighted by molar-refractivity contribution is 0.0785. The van der Waals surface area contributed by atoms with E-state index < -0.39 is 0 Å². The average molecular weight is 325 g/mol. The van der Waals surface area contributed by atoms with Crippen LogP contribution in [0.5, 0.6) is 11.5 Å². The van der Waals surface area contributed by atoms with Gasteiger partial charge in [-0.25, -0.2) is 0 Å². The van der Waals surface area contributed by atoms with E-state index in [9.17, 15) is 4.79 Å². The highest BCUT2D eigenvalue weighted by atomic mass is 16.5. The first-order valence-corrected chi connectivity index (χ1v) is 7.53. The summed E-state index contributed by atoms with van der Waals surface area (Å²) in [4.78, 5) is 14.5. The second-order valence-corrected chi connectivity index (χ2v) is 5.45. The first-order valence-electron chi connectivity index (χ1n) is 7.53. The van der Waals surface area contributed by atoms with Crippen LogP contribution in [0.4, 0.5) is 0 Å². The van der Waals surface area contributed by atoms with Crippen LogP contribution < -0.4 is 9.47 Å². The van der Waals surface area contributed by atoms with Crippen molar-refractivity contribution in [2.45, 2.75) is 6.54 Å². The van der Waals surface area contributed by atoms with E-state index in [-0.39, 0.29) is 5.91 Å². The summed E-state index contributed by atoms with van der Waals surface area (Å²) in [5.74, 6) is 1.20. The van der Waals surface area contributed by atoms with Gasteiger partial charge in [0.25, 0.3) is 5.91 Å². The molecule has 1 N–H and O–H groups in total. The van der Waals surface area contributed by atoms with E-state index in [1.165, 1.54) is 0 Å². The topological polar surface area (TPSA) is 67.5 Å². The molecule has 3 rings (SSSR count). The van der Waals surface area contributed by atoms with Crippen LogP contribution in [0.25, 0.3) is 10.9 Å². The Hall–Kier alpha value is -3.02. The number of carbonyl (C=O) groups is 1. The average Bonchev–Trinajstić information content (AvgIpc) is 3.09. The predicted octanol–water partition coefficient (Wildman–Crippen LogP) is 2.85. The Morgan fingerprint density at radius 3 is 2.71 bits per heavy atom. The van der Waals surface area contributed by atoms with Crippen molar-refractivity contribution in [3.63, 3.8) is 0 Å². The number of hydrogen-bond acceptors (Lipinski definition) is 4. The third-order valence-electron chi connectivity index (χ3n) is 3.95. The summed E-state index contributed by atoms with van der Waals surface area (Å²) >= 11 is 0. The molecule has 0 atom stereocenters. The number of hydrogen-bond donors (Lipinski definition) is 1. The molecule has 0 radical (unpaired) electrons. The molecule has 0 saturated carbocycles. The molecule has 0 aliphatic rings. The van der Waals surface area contributed by atoms with E-state index in [2.05, 4.69) is 10.2 Å². The number of H-pyrrole nitrogens is 1. The lowest BCUT2D eigenvalue weighted by Gasteiger charge is -2.20. The molecule has 6 nitrogen and oxygen atoms in total. The number of benzene rings is 2. The minimum absolute atomic E-state index is 0.0882. The fraction of sp³-hybridized carbons (Fsp3) is 0.222. The Morgan fingerprint density at radius 1 is 1.17 bits per heavy atom. The Labute approximate surface area is 140 Å². The summed E-state index contributed by atoms with van der Waals surface area (Å²) in [6.45, 7) is 0.406. The van der Waals surface area contributed by atoms with Gasteiger partial charge in [0, 0.05) is 24.5 Å². The molecule has 0 fully saturated rings. The van der Waals surface area contributed by atoms with Crippen molar-refractivity contribution < 1.29 is 14.3 Å². The zero-order valence-corrected chi connectivity index (χ0v) is 13.9. The second-order valence-electron chi connectivity index (χ2n) is 5.45. The van der Waals surface area contributed by atoms with Crippen molar-refractivity contribution in [2.24, 2.45) is 0 Å². The van der Waals surface area contributed by atoms with Crippen molar-refractivity contribution >= 4 is 16.8 Å². The maximum atomic E-state index is 12.8. The second kappa shape index (κ2) is 6.62. The molecule has 0 bridgehead atoms. The quantitative estimate of drug-likeness (QED) is 0.783. The van der Waals surface area contributed by atoms with Gasteiger partial charge in [0.1, 0.15) is 0 Å². The molecule has 2 aromatic carbocycles. The predicted molar refractivity (Wildman–Crippen MR) is 91.4 cm³/mol. The van der Waals surface area contributed by atoms with Gasteiger partial charge in [0.2, 0.25) is 0 Å². The van der Waals surface area contributed by atoms with Crippen LogP contribution in [0.3, 0.4) is 0 Å². The first kappa shape index (κ1) is 15.9. The van der Waals surface area contributed by atoms with Crippen LogP contribution in [0.1, 0.15) is 15.9 Å². The van der Waals surface area contributed by atoms with Gasteiger partial charge >= 0.3 is 0 Å². The summed E-state index contributed by atoms with van der Waals surface area (Å²) in [5.41, 5.74) is 2.21. The van der Waals surface area contributed by atoms with Crippen LogP contribution in [0.15, 0.2) is 42.6 Å². The molecule has 0 spiro atoms. The van der Waals surface area contributed by atoms with Crippen LogP contribution in [-0.4, -0.2) is 42.3 Å². The van der Waals surface area contributed by atoms with Gasteiger partial charge in [-0.1, -0.05) is 24.3 Å². The van der Waals surface area contributed by atoms with E-state index in [1.54, 1.807) is 38.4 Å². The van der Waals surface area contributed by atoms with E-state index in [4.69, 9.17) is 9.47 Å². The van der Waals surface area contributed by atoms with Crippen LogP contribution in [0, 0.1) is 0 Å². The Morgan fingerprint density at radius 2 is 1.96 bits per heavy atom. The molecule has 1 heterocycles. The summed E-state index contributed by atoms with van der Waals surface area (Å²) < 4.78 is 10.7. The number of nitrogens with one attached hydrogen (secondary N) is 1. The smallest absolute Gasteiger partial charge is 0.256 e. The maximum absolute atomic E-state index is 12.8. The molecular weight excluding hydrogens is 306 g/mol. The number of rotatable bonds is 5. The van der Waals surface area contributed by atoms with Crippen LogP contribution >= 0.6 is 0 Å². The fourth-order valence-corrected chi connectivity index (χ4v) is 2.76. The number of aromatic amines is 1. The SMILES string of the molecule is COc1cccc(CN(C)C(=O)c2cccc3cn[nH]c23)c1OC. The third-order valence-corrected chi connectivity index (χ3v) is 3.95. The standard InChI is InChI=1S/C18H19N3O3/c1-21(11-13-7-5-9-15(23-2)17(13)24-3)18(22)14-8-4-6-12-10-19-20-16(12)14/h4-10H,11H2,1-3H3,(H,19,20). The zero-order chi connectivity index (χ0) is 17.1. The molecule has 0 aliphatic carbocycles. The molecular formula is C18H19N3O3. The lowest BCUT2D eigenvalue weighted by Crippen LogP contribution is -2.26. The Balaban J connectivity index is 1.89. The number of ether oxygens (including phenoxy) is 2. The van der Waals surface area contributed by atoms with Gasteiger partial charge in [0.15, 0.2) is 11.5 Å². The third kappa shape index (κ3) is 2.78. The van der Waals surface area contributed by atoms with Crippen LogP contribution in [0.2, 0.25) is 0 Å². The molecule has 0 unspecified atom stereocenters. The van der Waals surface area contributed by atoms with E-state index in [1.807, 2.05) is 30.3 Å². The van der Waals surface area contributed by atoms with Crippen LogP contribution in [-0.2, 0) is 6.54 Å². The molecule has 24 heavy (non-hydrogen) atoms. The summed E-state index contributed by atoms with van der Waals surface area (Å²) in [6, 6.07) is 11.2. The number of amides is 1. The largest absolute Gasteiger partial charge is 0.493 e. The van der Waals surface area contributed by atoms with Gasteiger partial charge in [-0.3, -0.25) is 9.89 Å². The number of nitrogens with zero attached hydrogens (tertiary/aromatic N) is 2. The molecule has 124 valence electrons. The lowest BCUT2D eigenvalue weighted by atomic mass is 10.1. The van der Waals surface area contributed by atoms with Gasteiger partial charge in [-0.05, 0) is 12.1 Å². The normalized spacial score (nSPS) is 10.6. The number of carbonyl (C=O) groups excluding carboxylic acids is 1. The minimum Gasteiger partial charge on any atom is -0.493 e. The molecule has 6 heteroatoms. The Bertz CT molecular complexity index is 873. The van der Waals surface area contributed by atoms with E-state index in [0.29, 0.717) is 23.6 Å². The number of para-hydroxylation sites is 2. The van der Waals surface area contributed by atoms with Gasteiger partial charge in [-0.2, -0.15) is 5.10 Å². The first-order chi connectivity index (χ1) is 11.7. The summed E-state index contributed by atoms with van der Waals surface area (Å²) in [5, 5.41) is 7.80. The summed E-state index contributed by atoms with van der Waals surface area (Å²) in [7, 11) is 4.94. The van der Waals surface area contributed by atoms with Crippen molar-refractivity contribution in [2.75, 3.05) is 21.3 Å². The number of fused-ring (bicyclic) bond motifs is 1. The number of methoxy groups -OCH3 is 2. The molecule has 0 aliphatic heterocycles. The highest BCUT2D eigenvalue weighted by Crippen LogP contribution is 2.31.